The van der Waals surface area contributed by atoms with E-state index < -0.39 is 0 Å². The van der Waals surface area contributed by atoms with Gasteiger partial charge in [0.1, 0.15) is 4.33 Å². The van der Waals surface area contributed by atoms with Crippen LogP contribution in [0.25, 0.3) is 0 Å². The Balaban J connectivity index is 2.02. The van der Waals surface area contributed by atoms with Crippen molar-refractivity contribution in [2.24, 2.45) is 11.8 Å². The highest BCUT2D eigenvalue weighted by molar-refractivity contribution is 6.51. The van der Waals surface area contributed by atoms with Gasteiger partial charge in [0, 0.05) is 0 Å². The van der Waals surface area contributed by atoms with E-state index >= 15 is 0 Å². The smallest absolute Gasteiger partial charge is 0.101 e. The van der Waals surface area contributed by atoms with Crippen LogP contribution in [0, 0.1) is 11.8 Å². The summed E-state index contributed by atoms with van der Waals surface area (Å²) in [6, 6.07) is 0. The van der Waals surface area contributed by atoms with Crippen molar-refractivity contribution in [1.29, 1.82) is 0 Å². The lowest BCUT2D eigenvalue weighted by Crippen LogP contribution is -1.89. The van der Waals surface area contributed by atoms with Crippen LogP contribution < -0.4 is 0 Å². The molecule has 2 heteroatoms. The SMILES string of the molecule is ClC1(Cl)[C@H]2CCC=CCC[C@@H]21. The zero-order valence-electron chi connectivity index (χ0n) is 6.39. The molecule has 0 heterocycles. The van der Waals surface area contributed by atoms with Crippen LogP contribution in [-0.4, -0.2) is 4.33 Å². The molecular weight excluding hydrogens is 179 g/mol. The first-order valence-corrected chi connectivity index (χ1v) is 5.01. The Bertz CT molecular complexity index is 166. The molecule has 1 saturated carbocycles. The molecule has 2 rings (SSSR count). The molecule has 2 atom stereocenters. The first kappa shape index (κ1) is 7.94. The number of fused-ring (bicyclic) bond motifs is 1. The van der Waals surface area contributed by atoms with Crippen LogP contribution in [0.1, 0.15) is 25.7 Å². The molecule has 0 saturated heterocycles. The monoisotopic (exact) mass is 190 g/mol. The van der Waals surface area contributed by atoms with Crippen LogP contribution in [0.4, 0.5) is 0 Å². The molecule has 0 N–H and O–H groups in total. The van der Waals surface area contributed by atoms with Crippen LogP contribution >= 0.6 is 23.2 Å². The van der Waals surface area contributed by atoms with E-state index in [0.29, 0.717) is 11.8 Å². The van der Waals surface area contributed by atoms with Gasteiger partial charge in [0.15, 0.2) is 0 Å². The number of allylic oxidation sites excluding steroid dienone is 2. The lowest BCUT2D eigenvalue weighted by molar-refractivity contribution is 0.605. The van der Waals surface area contributed by atoms with Crippen molar-refractivity contribution in [3.05, 3.63) is 12.2 Å². The third-order valence-corrected chi connectivity index (χ3v) is 3.94. The van der Waals surface area contributed by atoms with Gasteiger partial charge in [0.05, 0.1) is 0 Å². The lowest BCUT2D eigenvalue weighted by Gasteiger charge is -1.98. The summed E-state index contributed by atoms with van der Waals surface area (Å²) in [6.45, 7) is 0. The predicted molar refractivity (Wildman–Crippen MR) is 49.0 cm³/mol. The van der Waals surface area contributed by atoms with Crippen LogP contribution in [0.5, 0.6) is 0 Å². The van der Waals surface area contributed by atoms with Gasteiger partial charge in [-0.3, -0.25) is 0 Å². The number of alkyl halides is 2. The van der Waals surface area contributed by atoms with Gasteiger partial charge in [-0.15, -0.1) is 23.2 Å². The Morgan fingerprint density at radius 3 is 1.91 bits per heavy atom. The van der Waals surface area contributed by atoms with Crippen molar-refractivity contribution in [1.82, 2.24) is 0 Å². The van der Waals surface area contributed by atoms with Gasteiger partial charge in [0.2, 0.25) is 0 Å². The fraction of sp³-hybridized carbons (Fsp3) is 0.778. The molecular formula is C9H12Cl2. The van der Waals surface area contributed by atoms with Crippen molar-refractivity contribution < 1.29 is 0 Å². The van der Waals surface area contributed by atoms with E-state index in [-0.39, 0.29) is 4.33 Å². The second-order valence-corrected chi connectivity index (χ2v) is 4.96. The van der Waals surface area contributed by atoms with E-state index in [9.17, 15) is 0 Å². The normalized spacial score (nSPS) is 40.5. The zero-order valence-corrected chi connectivity index (χ0v) is 7.91. The molecule has 0 radical (unpaired) electrons. The molecule has 0 bridgehead atoms. The first-order valence-electron chi connectivity index (χ1n) is 4.25. The number of halogens is 2. The molecule has 0 amide bonds. The third-order valence-electron chi connectivity index (χ3n) is 2.82. The van der Waals surface area contributed by atoms with Crippen LogP contribution in [0.2, 0.25) is 0 Å². The van der Waals surface area contributed by atoms with Gasteiger partial charge < -0.3 is 0 Å². The van der Waals surface area contributed by atoms with E-state index in [4.69, 9.17) is 23.2 Å². The fourth-order valence-electron chi connectivity index (χ4n) is 2.04. The van der Waals surface area contributed by atoms with E-state index in [0.717, 1.165) is 12.8 Å². The molecule has 1 fully saturated rings. The minimum Gasteiger partial charge on any atom is -0.101 e. The van der Waals surface area contributed by atoms with Gasteiger partial charge in [-0.2, -0.15) is 0 Å². The van der Waals surface area contributed by atoms with Crippen molar-refractivity contribution in [2.75, 3.05) is 0 Å². The quantitative estimate of drug-likeness (QED) is 0.405. The Hall–Kier alpha value is 0.320. The molecule has 2 aliphatic carbocycles. The second kappa shape index (κ2) is 2.67. The van der Waals surface area contributed by atoms with Crippen LogP contribution in [-0.2, 0) is 0 Å². The Morgan fingerprint density at radius 2 is 1.45 bits per heavy atom. The topological polar surface area (TPSA) is 0 Å². The van der Waals surface area contributed by atoms with Crippen molar-refractivity contribution in [3.63, 3.8) is 0 Å². The van der Waals surface area contributed by atoms with Gasteiger partial charge in [-0.25, -0.2) is 0 Å². The van der Waals surface area contributed by atoms with Crippen molar-refractivity contribution in [2.45, 2.75) is 30.0 Å². The first-order chi connectivity index (χ1) is 5.23. The Morgan fingerprint density at radius 1 is 1.00 bits per heavy atom. The van der Waals surface area contributed by atoms with Crippen LogP contribution in [0.15, 0.2) is 12.2 Å². The largest absolute Gasteiger partial charge is 0.124 e. The predicted octanol–water partition coefficient (Wildman–Crippen LogP) is 3.54. The summed E-state index contributed by atoms with van der Waals surface area (Å²) in [5.74, 6) is 1.16. The maximum Gasteiger partial charge on any atom is 0.124 e. The standard InChI is InChI=1S/C9H12Cl2/c10-9(11)7-5-3-1-2-4-6-8(7)9/h1-2,7-8H,3-6H2/t7-,8-/m0/s1. The minimum atomic E-state index is -0.369. The summed E-state index contributed by atoms with van der Waals surface area (Å²) in [5, 5.41) is 0. The summed E-state index contributed by atoms with van der Waals surface area (Å²) < 4.78 is -0.369. The highest BCUT2D eigenvalue weighted by Crippen LogP contribution is 2.63. The lowest BCUT2D eigenvalue weighted by atomic mass is 10.1. The molecule has 0 aliphatic heterocycles. The van der Waals surface area contributed by atoms with E-state index in [1.54, 1.807) is 0 Å². The molecule has 0 aromatic rings. The molecule has 2 aliphatic rings. The summed E-state index contributed by atoms with van der Waals surface area (Å²) >= 11 is 12.2. The molecule has 11 heavy (non-hydrogen) atoms. The maximum absolute atomic E-state index is 6.10. The average molecular weight is 191 g/mol. The van der Waals surface area contributed by atoms with Gasteiger partial charge in [0.25, 0.3) is 0 Å². The van der Waals surface area contributed by atoms with E-state index in [1.165, 1.54) is 12.8 Å². The zero-order chi connectivity index (χ0) is 7.90. The number of hydrogen-bond acceptors (Lipinski definition) is 0. The van der Waals surface area contributed by atoms with Gasteiger partial charge >= 0.3 is 0 Å². The highest BCUT2D eigenvalue weighted by Gasteiger charge is 2.61. The maximum atomic E-state index is 6.10. The minimum absolute atomic E-state index is 0.369. The van der Waals surface area contributed by atoms with Gasteiger partial charge in [-0.05, 0) is 37.5 Å². The molecule has 0 spiro atoms. The van der Waals surface area contributed by atoms with Crippen molar-refractivity contribution >= 4 is 23.2 Å². The number of rotatable bonds is 0. The Labute approximate surface area is 77.6 Å². The second-order valence-electron chi connectivity index (χ2n) is 3.51. The van der Waals surface area contributed by atoms with Gasteiger partial charge in [-0.1, -0.05) is 12.2 Å². The molecule has 62 valence electrons. The fourth-order valence-corrected chi connectivity index (χ4v) is 2.95. The third kappa shape index (κ3) is 1.31. The summed E-state index contributed by atoms with van der Waals surface area (Å²) in [5.41, 5.74) is 0. The van der Waals surface area contributed by atoms with Crippen LogP contribution in [0.3, 0.4) is 0 Å². The molecule has 0 nitrogen and oxygen atoms in total. The van der Waals surface area contributed by atoms with Crippen molar-refractivity contribution in [3.8, 4) is 0 Å². The average Bonchev–Trinajstić information content (AvgIpc) is 2.29. The summed E-state index contributed by atoms with van der Waals surface area (Å²) in [4.78, 5) is 0. The highest BCUT2D eigenvalue weighted by atomic mass is 35.5. The molecule has 0 aromatic carbocycles. The van der Waals surface area contributed by atoms with E-state index in [1.807, 2.05) is 0 Å². The summed E-state index contributed by atoms with van der Waals surface area (Å²) in [6.07, 6.45) is 9.16. The number of hydrogen-bond donors (Lipinski definition) is 0. The molecule has 0 unspecified atom stereocenters. The Kier molecular flexibility index (Phi) is 1.93. The van der Waals surface area contributed by atoms with E-state index in [2.05, 4.69) is 12.2 Å². The summed E-state index contributed by atoms with van der Waals surface area (Å²) in [7, 11) is 0. The molecule has 0 aromatic heterocycles.